The molecule has 3 heterocycles. The number of nitrogen functional groups attached to an aromatic ring is 1. The van der Waals surface area contributed by atoms with Crippen molar-refractivity contribution in [1.29, 1.82) is 0 Å². The second-order valence-electron chi connectivity index (χ2n) is 12.7. The van der Waals surface area contributed by atoms with Crippen LogP contribution < -0.4 is 15.8 Å². The molecule has 1 aromatic carbocycles. The van der Waals surface area contributed by atoms with Gasteiger partial charge in [-0.1, -0.05) is 18.5 Å². The Kier molecular flexibility index (Phi) is 7.82. The number of nitrogens with one attached hydrogen (secondary N) is 1. The monoisotopic (exact) mass is 597 g/mol. The Morgan fingerprint density at radius 1 is 1.21 bits per heavy atom. The Bertz CT molecular complexity index is 1490. The lowest BCUT2D eigenvalue weighted by atomic mass is 9.95. The van der Waals surface area contributed by atoms with Gasteiger partial charge in [-0.15, -0.1) is 0 Å². The quantitative estimate of drug-likeness (QED) is 0.351. The average molecular weight is 598 g/mol. The molecule has 0 radical (unpaired) electrons. The van der Waals surface area contributed by atoms with E-state index < -0.39 is 17.6 Å². The summed E-state index contributed by atoms with van der Waals surface area (Å²) in [5, 5.41) is 3.06. The molecule has 0 bridgehead atoms. The third kappa shape index (κ3) is 5.81. The number of aromatic nitrogens is 3. The van der Waals surface area contributed by atoms with Gasteiger partial charge in [-0.25, -0.2) is 14.4 Å². The van der Waals surface area contributed by atoms with Gasteiger partial charge < -0.3 is 20.7 Å². The van der Waals surface area contributed by atoms with Crippen molar-refractivity contribution in [2.24, 2.45) is 5.92 Å². The minimum Gasteiger partial charge on any atom is -0.490 e. The first-order valence-corrected chi connectivity index (χ1v) is 15.5. The van der Waals surface area contributed by atoms with Gasteiger partial charge in [-0.05, 0) is 58.4 Å². The second kappa shape index (κ2) is 11.3. The third-order valence-corrected chi connectivity index (χ3v) is 9.13. The van der Waals surface area contributed by atoms with E-state index in [1.165, 1.54) is 19.4 Å². The summed E-state index contributed by atoms with van der Waals surface area (Å²) >= 11 is 6.47. The number of halogens is 2. The lowest BCUT2D eigenvalue weighted by molar-refractivity contribution is 0.0869. The molecule has 3 N–H and O–H groups in total. The highest BCUT2D eigenvalue weighted by Crippen LogP contribution is 2.42. The third-order valence-electron chi connectivity index (χ3n) is 8.86. The molecule has 2 aromatic heterocycles. The van der Waals surface area contributed by atoms with Gasteiger partial charge in [0.05, 0.1) is 22.4 Å². The summed E-state index contributed by atoms with van der Waals surface area (Å²) < 4.78 is 23.9. The average Bonchev–Trinajstić information content (AvgIpc) is 3.87. The smallest absolute Gasteiger partial charge is 0.258 e. The Morgan fingerprint density at radius 3 is 2.55 bits per heavy atom. The summed E-state index contributed by atoms with van der Waals surface area (Å²) in [7, 11) is 0. The summed E-state index contributed by atoms with van der Waals surface area (Å²) in [6.45, 7) is 13.6. The molecule has 11 heteroatoms. The Morgan fingerprint density at radius 2 is 1.90 bits per heavy atom. The number of nitrogens with two attached hydrogens (primary N) is 1. The number of aryl methyl sites for hydroxylation is 1. The van der Waals surface area contributed by atoms with E-state index in [1.807, 2.05) is 32.1 Å². The summed E-state index contributed by atoms with van der Waals surface area (Å²) in [5.74, 6) is 0.449. The van der Waals surface area contributed by atoms with Gasteiger partial charge in [0.15, 0.2) is 5.82 Å². The summed E-state index contributed by atoms with van der Waals surface area (Å²) in [6.07, 6.45) is 7.56. The summed E-state index contributed by atoms with van der Waals surface area (Å²) in [6, 6.07) is 1.55. The van der Waals surface area contributed by atoms with Crippen molar-refractivity contribution in [3.8, 4) is 5.75 Å². The van der Waals surface area contributed by atoms with Crippen molar-refractivity contribution >= 4 is 28.8 Å². The lowest BCUT2D eigenvalue weighted by Crippen LogP contribution is -2.53. The van der Waals surface area contributed by atoms with Crippen LogP contribution in [0.2, 0.25) is 5.02 Å². The first-order chi connectivity index (χ1) is 20.0. The molecular weight excluding hydrogens is 557 g/mol. The van der Waals surface area contributed by atoms with Crippen molar-refractivity contribution < 1.29 is 13.9 Å². The number of hydrogen-bond acceptors (Lipinski definition) is 7. The van der Waals surface area contributed by atoms with Gasteiger partial charge in [-0.3, -0.25) is 14.1 Å². The number of piperazine rings is 1. The molecule has 0 spiro atoms. The molecular formula is C31H41ClFN7O2. The van der Waals surface area contributed by atoms with Crippen molar-refractivity contribution in [2.75, 3.05) is 45.0 Å². The highest BCUT2D eigenvalue weighted by Gasteiger charge is 2.46. The van der Waals surface area contributed by atoms with Crippen molar-refractivity contribution in [1.82, 2.24) is 29.5 Å². The second-order valence-corrected chi connectivity index (χ2v) is 13.1. The van der Waals surface area contributed by atoms with E-state index in [0.29, 0.717) is 22.7 Å². The molecule has 3 aromatic rings. The van der Waals surface area contributed by atoms with E-state index in [2.05, 4.69) is 20.1 Å². The molecule has 2 saturated carbocycles. The SMILES string of the molecule is Cc1nc(C(C)c2cc(Cl)c(F)c(C(=O)NC3(CN4CCN(CC5CC5)CC4)CC3)c2OC(C)C)n2ccnc(N)c12. The van der Waals surface area contributed by atoms with E-state index >= 15 is 4.39 Å². The van der Waals surface area contributed by atoms with Crippen LogP contribution in [0.3, 0.4) is 0 Å². The van der Waals surface area contributed by atoms with Gasteiger partial charge in [0, 0.05) is 63.1 Å². The maximum Gasteiger partial charge on any atom is 0.258 e. The fourth-order valence-electron chi connectivity index (χ4n) is 6.23. The predicted molar refractivity (Wildman–Crippen MR) is 162 cm³/mol. The lowest BCUT2D eigenvalue weighted by Gasteiger charge is -2.37. The van der Waals surface area contributed by atoms with E-state index in [1.54, 1.807) is 18.5 Å². The zero-order valence-corrected chi connectivity index (χ0v) is 25.7. The normalized spacial score (nSPS) is 19.8. The fourth-order valence-corrected chi connectivity index (χ4v) is 6.44. The molecule has 1 unspecified atom stereocenters. The van der Waals surface area contributed by atoms with Crippen LogP contribution in [0.4, 0.5) is 10.2 Å². The van der Waals surface area contributed by atoms with Crippen LogP contribution >= 0.6 is 11.6 Å². The molecule has 2 aliphatic carbocycles. The van der Waals surface area contributed by atoms with Gasteiger partial charge >= 0.3 is 0 Å². The van der Waals surface area contributed by atoms with Crippen LogP contribution in [0.5, 0.6) is 5.75 Å². The molecule has 3 fully saturated rings. The molecule has 9 nitrogen and oxygen atoms in total. The molecule has 42 heavy (non-hydrogen) atoms. The maximum absolute atomic E-state index is 15.8. The van der Waals surface area contributed by atoms with E-state index in [4.69, 9.17) is 27.1 Å². The predicted octanol–water partition coefficient (Wildman–Crippen LogP) is 4.64. The topological polar surface area (TPSA) is 101 Å². The van der Waals surface area contributed by atoms with Crippen molar-refractivity contribution in [3.63, 3.8) is 0 Å². The highest BCUT2D eigenvalue weighted by molar-refractivity contribution is 6.31. The highest BCUT2D eigenvalue weighted by atomic mass is 35.5. The van der Waals surface area contributed by atoms with Crippen molar-refractivity contribution in [2.45, 2.75) is 70.9 Å². The van der Waals surface area contributed by atoms with Gasteiger partial charge in [0.25, 0.3) is 5.91 Å². The largest absolute Gasteiger partial charge is 0.490 e. The number of benzene rings is 1. The summed E-state index contributed by atoms with van der Waals surface area (Å²) in [4.78, 5) is 27.9. The number of carbonyl (C=O) groups excluding carboxylic acids is 1. The van der Waals surface area contributed by atoms with Gasteiger partial charge in [-0.2, -0.15) is 0 Å². The van der Waals surface area contributed by atoms with Crippen LogP contribution in [0, 0.1) is 18.7 Å². The van der Waals surface area contributed by atoms with Gasteiger partial charge in [0.2, 0.25) is 0 Å². The number of amides is 1. The first-order valence-electron chi connectivity index (χ1n) is 15.1. The number of imidazole rings is 1. The first kappa shape index (κ1) is 29.1. The number of anilines is 1. The van der Waals surface area contributed by atoms with Crippen molar-refractivity contribution in [3.05, 3.63) is 51.9 Å². The standard InChI is InChI=1S/C31H41ClFN7O2/c1-18(2)42-27-22(19(3)29-36-20(4)26-28(34)35-9-10-40(26)29)15-23(32)25(33)24(27)30(41)37-31(7-8-31)17-39-13-11-38(12-14-39)16-21-5-6-21/h9-10,15,18-19,21H,5-8,11-14,16-17H2,1-4H3,(H2,34,35)(H,37,41). The zero-order chi connectivity index (χ0) is 29.8. The molecule has 1 saturated heterocycles. The number of ether oxygens (including phenoxy) is 1. The Hall–Kier alpha value is -2.95. The molecule has 226 valence electrons. The number of fused-ring (bicyclic) bond motifs is 1. The fraction of sp³-hybridized carbons (Fsp3) is 0.581. The van der Waals surface area contributed by atoms with Gasteiger partial charge in [0.1, 0.15) is 28.5 Å². The molecule has 3 aliphatic rings. The van der Waals surface area contributed by atoms with Crippen LogP contribution in [-0.2, 0) is 0 Å². The summed E-state index contributed by atoms with van der Waals surface area (Å²) in [5.41, 5.74) is 7.64. The maximum atomic E-state index is 15.8. The number of hydrogen-bond donors (Lipinski definition) is 2. The zero-order valence-electron chi connectivity index (χ0n) is 24.9. The van der Waals surface area contributed by atoms with E-state index in [9.17, 15) is 4.79 Å². The van der Waals surface area contributed by atoms with Crippen LogP contribution in [0.15, 0.2) is 18.5 Å². The van der Waals surface area contributed by atoms with Crippen LogP contribution in [0.25, 0.3) is 5.52 Å². The van der Waals surface area contributed by atoms with Crippen LogP contribution in [-0.4, -0.2) is 81.0 Å². The minimum atomic E-state index is -0.775. The minimum absolute atomic E-state index is 0.131. The molecule has 6 rings (SSSR count). The molecule has 1 amide bonds. The Balaban J connectivity index is 1.28. The molecule has 1 aliphatic heterocycles. The number of rotatable bonds is 10. The molecule has 1 atom stereocenters. The number of carbonyl (C=O) groups is 1. The van der Waals surface area contributed by atoms with Crippen LogP contribution in [0.1, 0.15) is 79.8 Å². The number of nitrogens with zero attached hydrogens (tertiary/aromatic N) is 5. The van der Waals surface area contributed by atoms with E-state index in [0.717, 1.165) is 57.2 Å². The van der Waals surface area contributed by atoms with E-state index in [-0.39, 0.29) is 28.0 Å². The Labute approximate surface area is 251 Å².